The fraction of sp³-hybridized carbons (Fsp3) is 0.632. The number of nitrogens with one attached hydrogen (secondary N) is 1. The Morgan fingerprint density at radius 3 is 2.64 bits per heavy atom. The summed E-state index contributed by atoms with van der Waals surface area (Å²) in [7, 11) is 0. The van der Waals surface area contributed by atoms with Crippen molar-refractivity contribution in [2.45, 2.75) is 51.2 Å². The number of rotatable bonds is 7. The first kappa shape index (κ1) is 20.7. The normalized spacial score (nSPS) is 21.3. The molecule has 1 aromatic rings. The molecule has 6 heteroatoms. The lowest BCUT2D eigenvalue weighted by Gasteiger charge is -2.35. The van der Waals surface area contributed by atoms with Crippen LogP contribution in [0.1, 0.15) is 31.4 Å². The van der Waals surface area contributed by atoms with E-state index >= 15 is 0 Å². The molecular formula is C19H29BrN2O2S. The van der Waals surface area contributed by atoms with Crippen molar-refractivity contribution in [3.8, 4) is 0 Å². The van der Waals surface area contributed by atoms with Gasteiger partial charge in [-0.1, -0.05) is 15.9 Å². The fourth-order valence-corrected chi connectivity index (χ4v) is 4.49. The number of thioether (sulfide) groups is 1. The summed E-state index contributed by atoms with van der Waals surface area (Å²) in [4.78, 5) is 15.7. The van der Waals surface area contributed by atoms with Crippen LogP contribution in [0.4, 0.5) is 0 Å². The van der Waals surface area contributed by atoms with E-state index in [1.54, 1.807) is 11.8 Å². The second-order valence-electron chi connectivity index (χ2n) is 6.88. The molecule has 1 aliphatic heterocycles. The smallest absolute Gasteiger partial charge is 0.230 e. The summed E-state index contributed by atoms with van der Waals surface area (Å²) in [6.45, 7) is 12.1. The Bertz CT molecular complexity index is 587. The number of carbonyl (C=O) groups is 1. The molecule has 1 heterocycles. The zero-order chi connectivity index (χ0) is 18.4. The molecule has 0 spiro atoms. The number of morpholine rings is 1. The zero-order valence-electron chi connectivity index (χ0n) is 15.6. The van der Waals surface area contributed by atoms with Crippen molar-refractivity contribution in [3.05, 3.63) is 27.7 Å². The number of benzene rings is 1. The van der Waals surface area contributed by atoms with Gasteiger partial charge in [0, 0.05) is 35.5 Å². The minimum absolute atomic E-state index is 0.105. The molecule has 2 atom stereocenters. The maximum absolute atomic E-state index is 12.1. The minimum Gasteiger partial charge on any atom is -0.373 e. The van der Waals surface area contributed by atoms with Crippen molar-refractivity contribution in [3.63, 3.8) is 0 Å². The topological polar surface area (TPSA) is 41.6 Å². The van der Waals surface area contributed by atoms with E-state index in [0.717, 1.165) is 37.1 Å². The number of hydrogen-bond donors (Lipinski definition) is 1. The largest absolute Gasteiger partial charge is 0.373 e. The molecule has 0 saturated carbocycles. The number of ether oxygens (including phenoxy) is 1. The van der Waals surface area contributed by atoms with Crippen LogP contribution in [0, 0.1) is 13.8 Å². The average molecular weight is 429 g/mol. The molecule has 0 aromatic heterocycles. The molecular weight excluding hydrogens is 400 g/mol. The van der Waals surface area contributed by atoms with E-state index in [9.17, 15) is 4.79 Å². The molecule has 0 aliphatic carbocycles. The van der Waals surface area contributed by atoms with Crippen molar-refractivity contribution in [2.24, 2.45) is 0 Å². The number of nitrogens with zero attached hydrogens (tertiary/aromatic N) is 1. The Kier molecular flexibility index (Phi) is 8.26. The van der Waals surface area contributed by atoms with Crippen LogP contribution in [-0.4, -0.2) is 54.9 Å². The lowest BCUT2D eigenvalue weighted by molar-refractivity contribution is -0.118. The van der Waals surface area contributed by atoms with Crippen molar-refractivity contribution in [2.75, 3.05) is 31.9 Å². The number of hydrogen-bond acceptors (Lipinski definition) is 4. The van der Waals surface area contributed by atoms with Crippen LogP contribution in [0.15, 0.2) is 21.5 Å². The maximum atomic E-state index is 12.1. The Labute approximate surface area is 164 Å². The molecule has 1 aromatic carbocycles. The third-order valence-corrected chi connectivity index (χ3v) is 6.30. The van der Waals surface area contributed by atoms with Gasteiger partial charge in [0.05, 0.1) is 18.0 Å². The molecule has 2 unspecified atom stereocenters. The van der Waals surface area contributed by atoms with Gasteiger partial charge < -0.3 is 10.1 Å². The van der Waals surface area contributed by atoms with Crippen LogP contribution in [0.25, 0.3) is 0 Å². The van der Waals surface area contributed by atoms with Crippen molar-refractivity contribution >= 4 is 33.6 Å². The predicted molar refractivity (Wildman–Crippen MR) is 108 cm³/mol. The van der Waals surface area contributed by atoms with E-state index in [4.69, 9.17) is 4.74 Å². The molecule has 0 radical (unpaired) electrons. The first-order valence-corrected chi connectivity index (χ1v) is 10.7. The van der Waals surface area contributed by atoms with Gasteiger partial charge in [0.2, 0.25) is 5.91 Å². The van der Waals surface area contributed by atoms with Gasteiger partial charge in [-0.25, -0.2) is 0 Å². The van der Waals surface area contributed by atoms with E-state index < -0.39 is 0 Å². The fourth-order valence-electron chi connectivity index (χ4n) is 3.10. The van der Waals surface area contributed by atoms with Gasteiger partial charge in [0.25, 0.3) is 0 Å². The molecule has 140 valence electrons. The SMILES string of the molecule is Cc1cc(SCC(=O)NCCCN2CC(C)OC(C)C2)c(C)cc1Br. The van der Waals surface area contributed by atoms with Gasteiger partial charge in [-0.05, 0) is 57.4 Å². The first-order chi connectivity index (χ1) is 11.8. The van der Waals surface area contributed by atoms with Crippen LogP contribution in [-0.2, 0) is 9.53 Å². The van der Waals surface area contributed by atoms with Crippen LogP contribution in [0.3, 0.4) is 0 Å². The van der Waals surface area contributed by atoms with E-state index in [1.807, 2.05) is 0 Å². The van der Waals surface area contributed by atoms with Crippen molar-refractivity contribution in [1.29, 1.82) is 0 Å². The molecule has 2 rings (SSSR count). The summed E-state index contributed by atoms with van der Waals surface area (Å²) in [6.07, 6.45) is 1.58. The van der Waals surface area contributed by atoms with Gasteiger partial charge >= 0.3 is 0 Å². The summed E-state index contributed by atoms with van der Waals surface area (Å²) < 4.78 is 6.86. The molecule has 1 fully saturated rings. The highest BCUT2D eigenvalue weighted by Gasteiger charge is 2.21. The third kappa shape index (κ3) is 6.93. The summed E-state index contributed by atoms with van der Waals surface area (Å²) in [6, 6.07) is 4.25. The molecule has 1 amide bonds. The summed E-state index contributed by atoms with van der Waals surface area (Å²) in [5.41, 5.74) is 2.40. The molecule has 4 nitrogen and oxygen atoms in total. The second-order valence-corrected chi connectivity index (χ2v) is 8.75. The maximum Gasteiger partial charge on any atom is 0.230 e. The quantitative estimate of drug-likeness (QED) is 0.529. The van der Waals surface area contributed by atoms with Crippen molar-refractivity contribution < 1.29 is 9.53 Å². The molecule has 1 aliphatic rings. The molecule has 1 saturated heterocycles. The summed E-state index contributed by atoms with van der Waals surface area (Å²) in [5, 5.41) is 3.03. The Morgan fingerprint density at radius 2 is 1.96 bits per heavy atom. The predicted octanol–water partition coefficient (Wildman–Crippen LogP) is 3.77. The van der Waals surface area contributed by atoms with Crippen LogP contribution >= 0.6 is 27.7 Å². The average Bonchev–Trinajstić information content (AvgIpc) is 2.53. The number of amides is 1. The molecule has 25 heavy (non-hydrogen) atoms. The number of halogens is 1. The molecule has 0 bridgehead atoms. The highest BCUT2D eigenvalue weighted by Crippen LogP contribution is 2.28. The van der Waals surface area contributed by atoms with Gasteiger partial charge in [-0.15, -0.1) is 11.8 Å². The Hall–Kier alpha value is -0.560. The van der Waals surface area contributed by atoms with Gasteiger partial charge in [-0.2, -0.15) is 0 Å². The van der Waals surface area contributed by atoms with E-state index in [1.165, 1.54) is 16.0 Å². The van der Waals surface area contributed by atoms with Crippen LogP contribution in [0.2, 0.25) is 0 Å². The standard InChI is InChI=1S/C19H29BrN2O2S/c1-13-9-18(14(2)8-17(13)20)25-12-19(23)21-6-5-7-22-10-15(3)24-16(4)11-22/h8-9,15-16H,5-7,10-12H2,1-4H3,(H,21,23). The lowest BCUT2D eigenvalue weighted by Crippen LogP contribution is -2.46. The number of aryl methyl sites for hydroxylation is 2. The van der Waals surface area contributed by atoms with E-state index in [2.05, 4.69) is 66.0 Å². The molecule has 1 N–H and O–H groups in total. The Balaban J connectivity index is 1.65. The van der Waals surface area contributed by atoms with E-state index in [-0.39, 0.29) is 5.91 Å². The minimum atomic E-state index is 0.105. The second kappa shape index (κ2) is 9.95. The van der Waals surface area contributed by atoms with Gasteiger partial charge in [0.15, 0.2) is 0 Å². The van der Waals surface area contributed by atoms with Crippen molar-refractivity contribution in [1.82, 2.24) is 10.2 Å². The highest BCUT2D eigenvalue weighted by molar-refractivity contribution is 9.10. The third-order valence-electron chi connectivity index (χ3n) is 4.28. The van der Waals surface area contributed by atoms with Crippen LogP contribution in [0.5, 0.6) is 0 Å². The van der Waals surface area contributed by atoms with Gasteiger partial charge in [0.1, 0.15) is 0 Å². The summed E-state index contributed by atoms with van der Waals surface area (Å²) >= 11 is 5.15. The first-order valence-electron chi connectivity index (χ1n) is 8.89. The lowest BCUT2D eigenvalue weighted by atomic mass is 10.2. The van der Waals surface area contributed by atoms with Crippen LogP contribution < -0.4 is 5.32 Å². The number of carbonyl (C=O) groups excluding carboxylic acids is 1. The highest BCUT2D eigenvalue weighted by atomic mass is 79.9. The Morgan fingerprint density at radius 1 is 1.28 bits per heavy atom. The van der Waals surface area contributed by atoms with Gasteiger partial charge in [-0.3, -0.25) is 9.69 Å². The zero-order valence-corrected chi connectivity index (χ0v) is 18.0. The monoisotopic (exact) mass is 428 g/mol. The van der Waals surface area contributed by atoms with E-state index in [0.29, 0.717) is 18.0 Å². The summed E-state index contributed by atoms with van der Waals surface area (Å²) in [5.74, 6) is 0.571.